The largest absolute Gasteiger partial charge is 0.455 e. The fraction of sp³-hybridized carbons (Fsp3) is 0.350. The standard InChI is InChI=1S/C20H27N3O4S/c1-5-23(6-2)28(25,26)17-11-12-19(18(13-17)22-15(4)20(21)24)27-16-9-7-14(3)8-10-16/h7-13,15,22H,5-6H2,1-4H3,(H2,21,24). The molecule has 0 fully saturated rings. The molecule has 0 saturated carbocycles. The number of hydrogen-bond acceptors (Lipinski definition) is 5. The van der Waals surface area contributed by atoms with Crippen molar-refractivity contribution >= 4 is 21.6 Å². The molecule has 0 spiro atoms. The van der Waals surface area contributed by atoms with Gasteiger partial charge in [-0.2, -0.15) is 4.31 Å². The van der Waals surface area contributed by atoms with Crippen LogP contribution in [0.5, 0.6) is 11.5 Å². The second-order valence-corrected chi connectivity index (χ2v) is 8.37. The van der Waals surface area contributed by atoms with Crippen molar-refractivity contribution in [1.82, 2.24) is 4.31 Å². The molecule has 1 amide bonds. The van der Waals surface area contributed by atoms with E-state index in [9.17, 15) is 13.2 Å². The Kier molecular flexibility index (Phi) is 7.04. The number of anilines is 1. The van der Waals surface area contributed by atoms with Crippen LogP contribution >= 0.6 is 0 Å². The predicted octanol–water partition coefficient (Wildman–Crippen LogP) is 3.10. The Hall–Kier alpha value is -2.58. The first kappa shape index (κ1) is 21.7. The molecule has 152 valence electrons. The minimum atomic E-state index is -3.65. The molecule has 2 aromatic carbocycles. The van der Waals surface area contributed by atoms with Crippen molar-refractivity contribution in [2.45, 2.75) is 38.6 Å². The lowest BCUT2D eigenvalue weighted by atomic mass is 10.2. The number of amides is 1. The molecule has 1 unspecified atom stereocenters. The van der Waals surface area contributed by atoms with Gasteiger partial charge in [0.15, 0.2) is 5.75 Å². The first-order chi connectivity index (χ1) is 13.2. The lowest BCUT2D eigenvalue weighted by Crippen LogP contribution is -2.33. The molecule has 2 aromatic rings. The van der Waals surface area contributed by atoms with E-state index >= 15 is 0 Å². The number of carbonyl (C=O) groups is 1. The summed E-state index contributed by atoms with van der Waals surface area (Å²) in [7, 11) is -3.65. The molecule has 0 bridgehead atoms. The third kappa shape index (κ3) is 5.02. The summed E-state index contributed by atoms with van der Waals surface area (Å²) >= 11 is 0. The summed E-state index contributed by atoms with van der Waals surface area (Å²) < 4.78 is 32.9. The highest BCUT2D eigenvalue weighted by molar-refractivity contribution is 7.89. The normalized spacial score (nSPS) is 12.6. The number of nitrogens with zero attached hydrogens (tertiary/aromatic N) is 1. The van der Waals surface area contributed by atoms with Crippen molar-refractivity contribution in [3.05, 3.63) is 48.0 Å². The smallest absolute Gasteiger partial charge is 0.243 e. The van der Waals surface area contributed by atoms with Crippen LogP contribution in [0.4, 0.5) is 5.69 Å². The molecular weight excluding hydrogens is 378 g/mol. The van der Waals surface area contributed by atoms with Gasteiger partial charge in [0.05, 0.1) is 10.6 Å². The molecule has 28 heavy (non-hydrogen) atoms. The highest BCUT2D eigenvalue weighted by Crippen LogP contribution is 2.33. The van der Waals surface area contributed by atoms with Crippen LogP contribution in [0.2, 0.25) is 0 Å². The van der Waals surface area contributed by atoms with E-state index < -0.39 is 22.0 Å². The third-order valence-electron chi connectivity index (χ3n) is 4.34. The number of sulfonamides is 1. The number of benzene rings is 2. The van der Waals surface area contributed by atoms with E-state index in [1.54, 1.807) is 26.8 Å². The van der Waals surface area contributed by atoms with Crippen molar-refractivity contribution in [3.63, 3.8) is 0 Å². The van der Waals surface area contributed by atoms with E-state index in [4.69, 9.17) is 10.5 Å². The van der Waals surface area contributed by atoms with Gasteiger partial charge in [0.2, 0.25) is 15.9 Å². The number of primary amides is 1. The van der Waals surface area contributed by atoms with Gasteiger partial charge in [0.25, 0.3) is 0 Å². The first-order valence-electron chi connectivity index (χ1n) is 9.13. The van der Waals surface area contributed by atoms with Gasteiger partial charge in [-0.05, 0) is 44.2 Å². The van der Waals surface area contributed by atoms with Crippen LogP contribution in [0.25, 0.3) is 0 Å². The lowest BCUT2D eigenvalue weighted by Gasteiger charge is -2.21. The Morgan fingerprint density at radius 3 is 2.29 bits per heavy atom. The quantitative estimate of drug-likeness (QED) is 0.667. The third-order valence-corrected chi connectivity index (χ3v) is 6.39. The minimum Gasteiger partial charge on any atom is -0.455 e. The van der Waals surface area contributed by atoms with Gasteiger partial charge < -0.3 is 15.8 Å². The second-order valence-electron chi connectivity index (χ2n) is 6.43. The van der Waals surface area contributed by atoms with Gasteiger partial charge in [0.1, 0.15) is 11.8 Å². The number of hydrogen-bond donors (Lipinski definition) is 2. The highest BCUT2D eigenvalue weighted by atomic mass is 32.2. The molecule has 0 aromatic heterocycles. The van der Waals surface area contributed by atoms with E-state index in [2.05, 4.69) is 5.32 Å². The lowest BCUT2D eigenvalue weighted by molar-refractivity contribution is -0.118. The van der Waals surface area contributed by atoms with Gasteiger partial charge in [-0.15, -0.1) is 0 Å². The molecule has 8 heteroatoms. The fourth-order valence-corrected chi connectivity index (χ4v) is 4.11. The van der Waals surface area contributed by atoms with Crippen molar-refractivity contribution in [3.8, 4) is 11.5 Å². The summed E-state index contributed by atoms with van der Waals surface area (Å²) in [5, 5.41) is 2.95. The van der Waals surface area contributed by atoms with Crippen molar-refractivity contribution in [1.29, 1.82) is 0 Å². The summed E-state index contributed by atoms with van der Waals surface area (Å²) in [6, 6.07) is 11.3. The molecule has 3 N–H and O–H groups in total. The Bertz CT molecular complexity index is 923. The maximum atomic E-state index is 12.8. The fourth-order valence-electron chi connectivity index (χ4n) is 2.62. The van der Waals surface area contributed by atoms with Crippen LogP contribution in [0, 0.1) is 6.92 Å². The van der Waals surface area contributed by atoms with Crippen LogP contribution in [-0.2, 0) is 14.8 Å². The Morgan fingerprint density at radius 1 is 1.14 bits per heavy atom. The number of ether oxygens (including phenoxy) is 1. The van der Waals surface area contributed by atoms with Gasteiger partial charge in [-0.1, -0.05) is 31.5 Å². The zero-order valence-electron chi connectivity index (χ0n) is 16.6. The molecule has 0 saturated heterocycles. The minimum absolute atomic E-state index is 0.117. The number of nitrogens with one attached hydrogen (secondary N) is 1. The molecule has 0 radical (unpaired) electrons. The SMILES string of the molecule is CCN(CC)S(=O)(=O)c1ccc(Oc2ccc(C)cc2)c(NC(C)C(N)=O)c1. The predicted molar refractivity (Wildman–Crippen MR) is 110 cm³/mol. The average molecular weight is 406 g/mol. The summed E-state index contributed by atoms with van der Waals surface area (Å²) in [4.78, 5) is 11.6. The van der Waals surface area contributed by atoms with Crippen LogP contribution < -0.4 is 15.8 Å². The second kappa shape index (κ2) is 9.07. The molecule has 7 nitrogen and oxygen atoms in total. The molecule has 0 aliphatic carbocycles. The summed E-state index contributed by atoms with van der Waals surface area (Å²) in [6.07, 6.45) is 0. The zero-order chi connectivity index (χ0) is 20.9. The van der Waals surface area contributed by atoms with Gasteiger partial charge in [0, 0.05) is 13.1 Å². The Morgan fingerprint density at radius 2 is 1.75 bits per heavy atom. The van der Waals surface area contributed by atoms with Gasteiger partial charge in [-0.3, -0.25) is 4.79 Å². The molecule has 2 rings (SSSR count). The van der Waals surface area contributed by atoms with Crippen LogP contribution in [0.15, 0.2) is 47.4 Å². The van der Waals surface area contributed by atoms with Gasteiger partial charge in [-0.25, -0.2) is 8.42 Å². The van der Waals surface area contributed by atoms with E-state index in [1.807, 2.05) is 31.2 Å². The van der Waals surface area contributed by atoms with E-state index in [0.29, 0.717) is 30.3 Å². The van der Waals surface area contributed by atoms with Crippen molar-refractivity contribution < 1.29 is 17.9 Å². The monoisotopic (exact) mass is 405 g/mol. The molecule has 1 atom stereocenters. The number of rotatable bonds is 9. The van der Waals surface area contributed by atoms with Crippen LogP contribution in [0.3, 0.4) is 0 Å². The van der Waals surface area contributed by atoms with Crippen molar-refractivity contribution in [2.75, 3.05) is 18.4 Å². The van der Waals surface area contributed by atoms with Crippen LogP contribution in [-0.4, -0.2) is 37.8 Å². The molecular formula is C20H27N3O4S. The molecule has 0 aliphatic rings. The van der Waals surface area contributed by atoms with E-state index in [1.165, 1.54) is 16.4 Å². The average Bonchev–Trinajstić information content (AvgIpc) is 2.65. The van der Waals surface area contributed by atoms with Crippen LogP contribution in [0.1, 0.15) is 26.3 Å². The maximum Gasteiger partial charge on any atom is 0.243 e. The highest BCUT2D eigenvalue weighted by Gasteiger charge is 2.24. The topological polar surface area (TPSA) is 102 Å². The van der Waals surface area contributed by atoms with E-state index in [0.717, 1.165) is 5.56 Å². The van der Waals surface area contributed by atoms with Gasteiger partial charge >= 0.3 is 0 Å². The summed E-state index contributed by atoms with van der Waals surface area (Å²) in [5.74, 6) is 0.438. The maximum absolute atomic E-state index is 12.8. The number of carbonyl (C=O) groups excluding carboxylic acids is 1. The van der Waals surface area contributed by atoms with Crippen molar-refractivity contribution in [2.24, 2.45) is 5.73 Å². The summed E-state index contributed by atoms with van der Waals surface area (Å²) in [5.41, 5.74) is 6.82. The molecule has 0 aliphatic heterocycles. The summed E-state index contributed by atoms with van der Waals surface area (Å²) in [6.45, 7) is 7.86. The number of aryl methyl sites for hydroxylation is 1. The molecule has 0 heterocycles. The zero-order valence-corrected chi connectivity index (χ0v) is 17.4. The Balaban J connectivity index is 2.47. The van der Waals surface area contributed by atoms with E-state index in [-0.39, 0.29) is 4.90 Å². The Labute approximate surface area is 166 Å². The first-order valence-corrected chi connectivity index (χ1v) is 10.6. The number of nitrogens with two attached hydrogens (primary N) is 1.